The third-order valence-electron chi connectivity index (χ3n) is 2.09. The third-order valence-corrected chi connectivity index (χ3v) is 2.35. The first-order valence-electron chi connectivity index (χ1n) is 5.26. The van der Waals surface area contributed by atoms with Gasteiger partial charge in [0, 0.05) is 17.5 Å². The highest BCUT2D eigenvalue weighted by Crippen LogP contribution is 2.15. The lowest BCUT2D eigenvalue weighted by Crippen LogP contribution is -2.27. The summed E-state index contributed by atoms with van der Waals surface area (Å²) in [6.07, 6.45) is 1.68. The van der Waals surface area contributed by atoms with Crippen LogP contribution in [0, 0.1) is 11.8 Å². The van der Waals surface area contributed by atoms with E-state index in [-0.39, 0.29) is 6.04 Å². The molecule has 1 unspecified atom stereocenters. The zero-order valence-corrected chi connectivity index (χ0v) is 10.1. The molecule has 0 fully saturated rings. The number of rotatable bonds is 5. The summed E-state index contributed by atoms with van der Waals surface area (Å²) in [7, 11) is 0. The maximum Gasteiger partial charge on any atom is 0.119 e. The summed E-state index contributed by atoms with van der Waals surface area (Å²) in [6.45, 7) is 2.34. The molecular weight excluding hydrogens is 222 g/mol. The van der Waals surface area contributed by atoms with Crippen molar-refractivity contribution in [2.75, 3.05) is 6.61 Å². The van der Waals surface area contributed by atoms with Crippen LogP contribution in [0.4, 0.5) is 0 Å². The summed E-state index contributed by atoms with van der Waals surface area (Å²) < 4.78 is 5.52. The van der Waals surface area contributed by atoms with Crippen molar-refractivity contribution >= 4 is 11.6 Å². The summed E-state index contributed by atoms with van der Waals surface area (Å²) >= 11 is 5.76. The van der Waals surface area contributed by atoms with E-state index in [2.05, 4.69) is 11.8 Å². The van der Waals surface area contributed by atoms with Crippen LogP contribution in [0.15, 0.2) is 24.3 Å². The number of nitrogens with two attached hydrogens (primary N) is 1. The van der Waals surface area contributed by atoms with Crippen molar-refractivity contribution in [1.82, 2.24) is 0 Å². The quantitative estimate of drug-likeness (QED) is 0.800. The Morgan fingerprint density at radius 1 is 1.38 bits per heavy atom. The van der Waals surface area contributed by atoms with E-state index in [9.17, 15) is 0 Å². The standard InChI is InChI=1S/C13H16ClNO/c1-2-3-4-5-12(15)10-16-13-8-6-11(14)7-9-13/h6-9,12H,4-5,10,15H2,1H3. The minimum atomic E-state index is 0.0246. The van der Waals surface area contributed by atoms with Crippen molar-refractivity contribution in [3.63, 3.8) is 0 Å². The largest absolute Gasteiger partial charge is 0.492 e. The molecule has 0 spiro atoms. The van der Waals surface area contributed by atoms with Gasteiger partial charge in [-0.15, -0.1) is 11.8 Å². The van der Waals surface area contributed by atoms with Gasteiger partial charge in [-0.25, -0.2) is 0 Å². The molecule has 0 aliphatic carbocycles. The van der Waals surface area contributed by atoms with Crippen molar-refractivity contribution in [2.24, 2.45) is 5.73 Å². The molecule has 0 amide bonds. The van der Waals surface area contributed by atoms with E-state index in [0.29, 0.717) is 11.6 Å². The predicted octanol–water partition coefficient (Wildman–Crippen LogP) is 2.85. The summed E-state index contributed by atoms with van der Waals surface area (Å²) in [5.74, 6) is 6.62. The van der Waals surface area contributed by atoms with Crippen molar-refractivity contribution in [1.29, 1.82) is 0 Å². The van der Waals surface area contributed by atoms with Gasteiger partial charge in [-0.2, -0.15) is 0 Å². The molecule has 2 nitrogen and oxygen atoms in total. The minimum Gasteiger partial charge on any atom is -0.492 e. The van der Waals surface area contributed by atoms with Gasteiger partial charge in [0.15, 0.2) is 0 Å². The van der Waals surface area contributed by atoms with E-state index in [4.69, 9.17) is 22.1 Å². The molecule has 0 saturated carbocycles. The molecule has 0 bridgehead atoms. The van der Waals surface area contributed by atoms with Crippen molar-refractivity contribution in [3.8, 4) is 17.6 Å². The highest BCUT2D eigenvalue weighted by Gasteiger charge is 2.02. The number of ether oxygens (including phenoxy) is 1. The summed E-state index contributed by atoms with van der Waals surface area (Å²) in [5.41, 5.74) is 5.87. The molecule has 1 aromatic rings. The van der Waals surface area contributed by atoms with E-state index in [1.807, 2.05) is 19.1 Å². The van der Waals surface area contributed by atoms with Gasteiger partial charge in [0.05, 0.1) is 0 Å². The first-order chi connectivity index (χ1) is 7.72. The molecule has 16 heavy (non-hydrogen) atoms. The lowest BCUT2D eigenvalue weighted by atomic mass is 10.2. The van der Waals surface area contributed by atoms with E-state index in [1.54, 1.807) is 12.1 Å². The maximum absolute atomic E-state index is 5.87. The van der Waals surface area contributed by atoms with E-state index < -0.39 is 0 Å². The fraction of sp³-hybridized carbons (Fsp3) is 0.385. The van der Waals surface area contributed by atoms with Crippen LogP contribution in [-0.4, -0.2) is 12.6 Å². The molecule has 0 radical (unpaired) electrons. The molecule has 1 rings (SSSR count). The normalized spacial score (nSPS) is 11.4. The molecule has 86 valence electrons. The second-order valence-corrected chi connectivity index (χ2v) is 3.93. The Balaban J connectivity index is 2.27. The zero-order chi connectivity index (χ0) is 11.8. The van der Waals surface area contributed by atoms with Crippen LogP contribution in [-0.2, 0) is 0 Å². The number of benzene rings is 1. The molecular formula is C13H16ClNO. The van der Waals surface area contributed by atoms with Crippen molar-refractivity contribution < 1.29 is 4.74 Å². The average Bonchev–Trinajstić information content (AvgIpc) is 2.29. The molecule has 2 N–H and O–H groups in total. The van der Waals surface area contributed by atoms with E-state index >= 15 is 0 Å². The van der Waals surface area contributed by atoms with Crippen LogP contribution in [0.1, 0.15) is 19.8 Å². The highest BCUT2D eigenvalue weighted by molar-refractivity contribution is 6.30. The van der Waals surface area contributed by atoms with Gasteiger partial charge in [-0.3, -0.25) is 0 Å². The topological polar surface area (TPSA) is 35.2 Å². The van der Waals surface area contributed by atoms with Crippen LogP contribution in [0.3, 0.4) is 0 Å². The van der Waals surface area contributed by atoms with Gasteiger partial charge in [0.2, 0.25) is 0 Å². The van der Waals surface area contributed by atoms with Gasteiger partial charge < -0.3 is 10.5 Å². The fourth-order valence-electron chi connectivity index (χ4n) is 1.20. The second-order valence-electron chi connectivity index (χ2n) is 3.49. The monoisotopic (exact) mass is 237 g/mol. The van der Waals surface area contributed by atoms with Crippen LogP contribution >= 0.6 is 11.6 Å². The molecule has 3 heteroatoms. The summed E-state index contributed by atoms with van der Waals surface area (Å²) in [6, 6.07) is 7.29. The molecule has 0 heterocycles. The van der Waals surface area contributed by atoms with Gasteiger partial charge in [-0.1, -0.05) is 11.6 Å². The minimum absolute atomic E-state index is 0.0246. The lowest BCUT2D eigenvalue weighted by Gasteiger charge is -2.11. The van der Waals surface area contributed by atoms with Gasteiger partial charge >= 0.3 is 0 Å². The average molecular weight is 238 g/mol. The Morgan fingerprint density at radius 2 is 2.06 bits per heavy atom. The highest BCUT2D eigenvalue weighted by atomic mass is 35.5. The van der Waals surface area contributed by atoms with E-state index in [0.717, 1.165) is 18.6 Å². The predicted molar refractivity (Wildman–Crippen MR) is 67.6 cm³/mol. The van der Waals surface area contributed by atoms with Gasteiger partial charge in [0.1, 0.15) is 12.4 Å². The number of halogens is 1. The van der Waals surface area contributed by atoms with E-state index in [1.165, 1.54) is 0 Å². The maximum atomic E-state index is 5.87. The Bertz CT molecular complexity index is 364. The van der Waals surface area contributed by atoms with Crippen LogP contribution < -0.4 is 10.5 Å². The molecule has 0 aliphatic heterocycles. The smallest absolute Gasteiger partial charge is 0.119 e. The second kappa shape index (κ2) is 7.16. The van der Waals surface area contributed by atoms with Crippen LogP contribution in [0.2, 0.25) is 5.02 Å². The Hall–Kier alpha value is -1.17. The Morgan fingerprint density at radius 3 is 2.69 bits per heavy atom. The number of hydrogen-bond donors (Lipinski definition) is 1. The first kappa shape index (κ1) is 12.9. The first-order valence-corrected chi connectivity index (χ1v) is 5.63. The fourth-order valence-corrected chi connectivity index (χ4v) is 1.33. The molecule has 0 aliphatic rings. The molecule has 1 aromatic carbocycles. The van der Waals surface area contributed by atoms with Gasteiger partial charge in [0.25, 0.3) is 0 Å². The summed E-state index contributed by atoms with van der Waals surface area (Å²) in [5, 5.41) is 0.704. The zero-order valence-electron chi connectivity index (χ0n) is 9.37. The van der Waals surface area contributed by atoms with Gasteiger partial charge in [-0.05, 0) is 37.6 Å². The Kier molecular flexibility index (Phi) is 5.77. The number of hydrogen-bond acceptors (Lipinski definition) is 2. The Labute approximate surface area is 102 Å². The van der Waals surface area contributed by atoms with Crippen LogP contribution in [0.5, 0.6) is 5.75 Å². The summed E-state index contributed by atoms with van der Waals surface area (Å²) in [4.78, 5) is 0. The molecule has 1 atom stereocenters. The molecule has 0 aromatic heterocycles. The van der Waals surface area contributed by atoms with Crippen LogP contribution in [0.25, 0.3) is 0 Å². The molecule has 0 saturated heterocycles. The SMILES string of the molecule is CC#CCCC(N)COc1ccc(Cl)cc1. The van der Waals surface area contributed by atoms with Crippen molar-refractivity contribution in [2.45, 2.75) is 25.8 Å². The third kappa shape index (κ3) is 5.06. The van der Waals surface area contributed by atoms with Crippen molar-refractivity contribution in [3.05, 3.63) is 29.3 Å². The lowest BCUT2D eigenvalue weighted by molar-refractivity contribution is 0.283.